The van der Waals surface area contributed by atoms with E-state index < -0.39 is 0 Å². The van der Waals surface area contributed by atoms with Gasteiger partial charge in [-0.3, -0.25) is 0 Å². The van der Waals surface area contributed by atoms with Crippen molar-refractivity contribution in [2.45, 2.75) is 13.5 Å². The van der Waals surface area contributed by atoms with E-state index >= 15 is 0 Å². The van der Waals surface area contributed by atoms with Crippen LogP contribution in [0.4, 0.5) is 4.39 Å². The summed E-state index contributed by atoms with van der Waals surface area (Å²) in [6.07, 6.45) is 0. The topological polar surface area (TPSA) is 64.9 Å². The second kappa shape index (κ2) is 3.78. The molecular weight excluding hydrogens is 197 g/mol. The Kier molecular flexibility index (Phi) is 2.47. The highest BCUT2D eigenvalue weighted by Crippen LogP contribution is 2.21. The van der Waals surface area contributed by atoms with Crippen molar-refractivity contribution < 1.29 is 8.91 Å². The summed E-state index contributed by atoms with van der Waals surface area (Å²) in [5.41, 5.74) is 6.57. The van der Waals surface area contributed by atoms with Gasteiger partial charge in [0.15, 0.2) is 5.82 Å². The fourth-order valence-corrected chi connectivity index (χ4v) is 1.25. The zero-order chi connectivity index (χ0) is 10.8. The van der Waals surface area contributed by atoms with Gasteiger partial charge in [-0.2, -0.15) is 4.98 Å². The van der Waals surface area contributed by atoms with Crippen LogP contribution in [0.2, 0.25) is 0 Å². The third kappa shape index (κ3) is 1.87. The van der Waals surface area contributed by atoms with Crippen molar-refractivity contribution in [3.63, 3.8) is 0 Å². The summed E-state index contributed by atoms with van der Waals surface area (Å²) in [5.74, 6) is 0.148. The summed E-state index contributed by atoms with van der Waals surface area (Å²) in [6, 6.07) is 4.71. The first-order valence-electron chi connectivity index (χ1n) is 4.50. The van der Waals surface area contributed by atoms with E-state index in [1.54, 1.807) is 12.1 Å². The van der Waals surface area contributed by atoms with Crippen LogP contribution in [0.1, 0.15) is 11.4 Å². The van der Waals surface area contributed by atoms with Gasteiger partial charge >= 0.3 is 0 Å². The summed E-state index contributed by atoms with van der Waals surface area (Å²) < 4.78 is 18.3. The van der Waals surface area contributed by atoms with Gasteiger partial charge in [-0.15, -0.1) is 0 Å². The molecule has 78 valence electrons. The molecule has 15 heavy (non-hydrogen) atoms. The Hall–Kier alpha value is -1.75. The Morgan fingerprint density at radius 3 is 2.93 bits per heavy atom. The van der Waals surface area contributed by atoms with Crippen LogP contribution in [0.25, 0.3) is 11.5 Å². The van der Waals surface area contributed by atoms with Crippen molar-refractivity contribution in [3.8, 4) is 11.5 Å². The van der Waals surface area contributed by atoms with Gasteiger partial charge in [-0.25, -0.2) is 4.39 Å². The molecular formula is C10H10FN3O. The molecule has 0 aliphatic carbocycles. The fourth-order valence-electron chi connectivity index (χ4n) is 1.25. The molecule has 2 aromatic rings. The molecule has 0 atom stereocenters. The number of nitrogens with two attached hydrogens (primary N) is 1. The highest BCUT2D eigenvalue weighted by molar-refractivity contribution is 5.55. The summed E-state index contributed by atoms with van der Waals surface area (Å²) >= 11 is 0. The Labute approximate surface area is 85.9 Å². The minimum atomic E-state index is -0.382. The van der Waals surface area contributed by atoms with E-state index in [2.05, 4.69) is 10.1 Å². The van der Waals surface area contributed by atoms with Gasteiger partial charge in [0.2, 0.25) is 0 Å². The summed E-state index contributed by atoms with van der Waals surface area (Å²) in [6.45, 7) is 2.04. The lowest BCUT2D eigenvalue weighted by molar-refractivity contribution is 0.420. The number of nitrogens with zero attached hydrogens (tertiary/aromatic N) is 2. The predicted molar refractivity (Wildman–Crippen MR) is 52.3 cm³/mol. The molecule has 4 nitrogen and oxygen atoms in total. The molecule has 1 heterocycles. The van der Waals surface area contributed by atoms with Crippen LogP contribution in [0.5, 0.6) is 0 Å². The van der Waals surface area contributed by atoms with Crippen LogP contribution in [0, 0.1) is 12.7 Å². The normalized spacial score (nSPS) is 10.6. The van der Waals surface area contributed by atoms with Crippen LogP contribution in [0.15, 0.2) is 22.7 Å². The number of halogens is 1. The van der Waals surface area contributed by atoms with Gasteiger partial charge in [0, 0.05) is 0 Å². The van der Waals surface area contributed by atoms with Crippen molar-refractivity contribution in [1.82, 2.24) is 10.1 Å². The average Bonchev–Trinajstić information content (AvgIpc) is 2.70. The van der Waals surface area contributed by atoms with Crippen molar-refractivity contribution in [1.29, 1.82) is 0 Å². The van der Waals surface area contributed by atoms with E-state index in [4.69, 9.17) is 10.3 Å². The lowest BCUT2D eigenvalue weighted by Crippen LogP contribution is -1.98. The molecule has 0 saturated heterocycles. The number of aromatic nitrogens is 2. The highest BCUT2D eigenvalue weighted by Gasteiger charge is 2.12. The first kappa shape index (κ1) is 9.79. The van der Waals surface area contributed by atoms with E-state index in [0.717, 1.165) is 5.56 Å². The van der Waals surface area contributed by atoms with Crippen molar-refractivity contribution in [2.75, 3.05) is 0 Å². The summed E-state index contributed by atoms with van der Waals surface area (Å²) in [7, 11) is 0. The first-order chi connectivity index (χ1) is 7.20. The number of rotatable bonds is 2. The lowest BCUT2D eigenvalue weighted by Gasteiger charge is -1.98. The van der Waals surface area contributed by atoms with E-state index in [0.29, 0.717) is 11.4 Å². The molecule has 0 saturated carbocycles. The van der Waals surface area contributed by atoms with Gasteiger partial charge in [0.05, 0.1) is 12.1 Å². The van der Waals surface area contributed by atoms with E-state index in [-0.39, 0.29) is 18.3 Å². The zero-order valence-corrected chi connectivity index (χ0v) is 8.20. The summed E-state index contributed by atoms with van der Waals surface area (Å²) in [4.78, 5) is 3.96. The van der Waals surface area contributed by atoms with Crippen molar-refractivity contribution in [2.24, 2.45) is 5.73 Å². The molecule has 0 amide bonds. The number of aryl methyl sites for hydroxylation is 1. The molecule has 0 bridgehead atoms. The minimum absolute atomic E-state index is 0.164. The van der Waals surface area contributed by atoms with E-state index in [9.17, 15) is 4.39 Å². The Balaban J connectivity index is 2.48. The van der Waals surface area contributed by atoms with Gasteiger partial charge in [0.1, 0.15) is 5.82 Å². The zero-order valence-electron chi connectivity index (χ0n) is 8.20. The third-order valence-electron chi connectivity index (χ3n) is 2.00. The van der Waals surface area contributed by atoms with Gasteiger partial charge in [-0.05, 0) is 19.1 Å². The first-order valence-corrected chi connectivity index (χ1v) is 4.50. The predicted octanol–water partition coefficient (Wildman–Crippen LogP) is 1.64. The van der Waals surface area contributed by atoms with E-state index in [1.807, 2.05) is 6.92 Å². The van der Waals surface area contributed by atoms with Gasteiger partial charge in [0.25, 0.3) is 5.89 Å². The molecule has 1 aromatic carbocycles. The number of hydrogen-bond donors (Lipinski definition) is 1. The maximum absolute atomic E-state index is 13.4. The highest BCUT2D eigenvalue weighted by atomic mass is 19.1. The monoisotopic (exact) mass is 207 g/mol. The van der Waals surface area contributed by atoms with Gasteiger partial charge < -0.3 is 10.3 Å². The van der Waals surface area contributed by atoms with Crippen LogP contribution in [-0.4, -0.2) is 10.1 Å². The molecule has 0 radical (unpaired) electrons. The van der Waals surface area contributed by atoms with Crippen molar-refractivity contribution >= 4 is 0 Å². The molecule has 0 spiro atoms. The standard InChI is InChI=1S/C10H10FN3O/c1-6-2-3-8(11)7(4-6)10-13-9(5-12)14-15-10/h2-4H,5,12H2,1H3. The van der Waals surface area contributed by atoms with E-state index in [1.165, 1.54) is 6.07 Å². The number of benzene rings is 1. The molecule has 5 heteroatoms. The largest absolute Gasteiger partial charge is 0.334 e. The Morgan fingerprint density at radius 2 is 2.27 bits per heavy atom. The molecule has 0 aliphatic rings. The SMILES string of the molecule is Cc1ccc(F)c(-c2nc(CN)no2)c1. The lowest BCUT2D eigenvalue weighted by atomic mass is 10.1. The van der Waals surface area contributed by atoms with Crippen LogP contribution >= 0.6 is 0 Å². The minimum Gasteiger partial charge on any atom is -0.334 e. The van der Waals surface area contributed by atoms with Crippen molar-refractivity contribution in [3.05, 3.63) is 35.4 Å². The van der Waals surface area contributed by atoms with Crippen LogP contribution in [0.3, 0.4) is 0 Å². The fraction of sp³-hybridized carbons (Fsp3) is 0.200. The maximum atomic E-state index is 13.4. The van der Waals surface area contributed by atoms with Crippen LogP contribution < -0.4 is 5.73 Å². The Morgan fingerprint density at radius 1 is 1.47 bits per heavy atom. The summed E-state index contributed by atoms with van der Waals surface area (Å²) in [5, 5.41) is 3.60. The Bertz CT molecular complexity index is 481. The molecule has 2 N–H and O–H groups in total. The quantitative estimate of drug-likeness (QED) is 0.813. The van der Waals surface area contributed by atoms with Crippen LogP contribution in [-0.2, 0) is 6.54 Å². The molecule has 0 fully saturated rings. The second-order valence-electron chi connectivity index (χ2n) is 3.20. The average molecular weight is 207 g/mol. The third-order valence-corrected chi connectivity index (χ3v) is 2.00. The van der Waals surface area contributed by atoms with Gasteiger partial charge in [-0.1, -0.05) is 16.8 Å². The maximum Gasteiger partial charge on any atom is 0.260 e. The molecule has 0 aliphatic heterocycles. The molecule has 1 aromatic heterocycles. The number of hydrogen-bond acceptors (Lipinski definition) is 4. The smallest absolute Gasteiger partial charge is 0.260 e. The molecule has 2 rings (SSSR count). The molecule has 0 unspecified atom stereocenters. The second-order valence-corrected chi connectivity index (χ2v) is 3.20.